The summed E-state index contributed by atoms with van der Waals surface area (Å²) in [5.74, 6) is -1.19. The minimum atomic E-state index is -1.06. The van der Waals surface area contributed by atoms with Crippen LogP contribution >= 0.6 is 23.7 Å². The number of aromatic carboxylic acids is 1. The van der Waals surface area contributed by atoms with Gasteiger partial charge in [-0.25, -0.2) is 14.8 Å². The summed E-state index contributed by atoms with van der Waals surface area (Å²) >= 11 is 1.22. The molecule has 0 aromatic carbocycles. The molecule has 0 unspecified atom stereocenters. The predicted octanol–water partition coefficient (Wildman–Crippen LogP) is 2.13. The van der Waals surface area contributed by atoms with Crippen molar-refractivity contribution in [2.24, 2.45) is 0 Å². The Morgan fingerprint density at radius 3 is 2.80 bits per heavy atom. The monoisotopic (exact) mass is 311 g/mol. The summed E-state index contributed by atoms with van der Waals surface area (Å²) in [6.45, 7) is 1.85. The standard InChI is InChI=1S/C12H9N3O3S.ClH/c1-5-9-6(10(16)13-5)2-3-7(14-9)11-15-8(4-19-11)12(17)18;/h2-5H,1H3,(H,13,16)(H,17,18);1H/t5-;/m1./s1. The molecule has 1 aliphatic heterocycles. The molecule has 0 spiro atoms. The van der Waals surface area contributed by atoms with Crippen LogP contribution in [0.2, 0.25) is 0 Å². The fraction of sp³-hybridized carbons (Fsp3) is 0.167. The SMILES string of the molecule is C[C@H]1NC(=O)c2ccc(-c3nc(C(=O)O)cs3)nc21.Cl. The molecule has 2 aromatic heterocycles. The average molecular weight is 312 g/mol. The minimum absolute atomic E-state index is 0. The van der Waals surface area contributed by atoms with Gasteiger partial charge in [-0.15, -0.1) is 23.7 Å². The van der Waals surface area contributed by atoms with Crippen LogP contribution in [0, 0.1) is 0 Å². The third-order valence-corrected chi connectivity index (χ3v) is 3.73. The molecule has 0 saturated heterocycles. The zero-order valence-electron chi connectivity index (χ0n) is 10.3. The first-order chi connectivity index (χ1) is 9.06. The zero-order chi connectivity index (χ0) is 13.6. The number of nitrogens with one attached hydrogen (secondary N) is 1. The quantitative estimate of drug-likeness (QED) is 0.886. The van der Waals surface area contributed by atoms with Crippen LogP contribution in [0.25, 0.3) is 10.7 Å². The molecule has 3 rings (SSSR count). The van der Waals surface area contributed by atoms with E-state index in [4.69, 9.17) is 5.11 Å². The van der Waals surface area contributed by atoms with Gasteiger partial charge in [-0.3, -0.25) is 4.79 Å². The van der Waals surface area contributed by atoms with E-state index in [-0.39, 0.29) is 30.0 Å². The third kappa shape index (κ3) is 2.25. The van der Waals surface area contributed by atoms with E-state index in [1.165, 1.54) is 16.7 Å². The van der Waals surface area contributed by atoms with Gasteiger partial charge >= 0.3 is 5.97 Å². The molecule has 1 amide bonds. The Morgan fingerprint density at radius 1 is 1.40 bits per heavy atom. The van der Waals surface area contributed by atoms with E-state index in [9.17, 15) is 9.59 Å². The van der Waals surface area contributed by atoms with Gasteiger partial charge in [0.05, 0.1) is 23.0 Å². The first-order valence-corrected chi connectivity index (χ1v) is 6.45. The molecule has 2 N–H and O–H groups in total. The molecule has 20 heavy (non-hydrogen) atoms. The molecular formula is C12H10ClN3O3S. The fourth-order valence-corrected chi connectivity index (χ4v) is 2.71. The van der Waals surface area contributed by atoms with Gasteiger partial charge in [0.25, 0.3) is 5.91 Å². The summed E-state index contributed by atoms with van der Waals surface area (Å²) in [6.07, 6.45) is 0. The Hall–Kier alpha value is -1.99. The van der Waals surface area contributed by atoms with Crippen molar-refractivity contribution in [3.8, 4) is 10.7 Å². The van der Waals surface area contributed by atoms with E-state index in [1.807, 2.05) is 6.92 Å². The average Bonchev–Trinajstić information content (AvgIpc) is 2.96. The van der Waals surface area contributed by atoms with Gasteiger partial charge in [-0.2, -0.15) is 0 Å². The Bertz CT molecular complexity index is 701. The second kappa shape index (κ2) is 5.18. The van der Waals surface area contributed by atoms with Crippen LogP contribution in [-0.2, 0) is 0 Å². The van der Waals surface area contributed by atoms with Crippen LogP contribution in [0.5, 0.6) is 0 Å². The van der Waals surface area contributed by atoms with Crippen molar-refractivity contribution in [2.75, 3.05) is 0 Å². The number of amides is 1. The van der Waals surface area contributed by atoms with Crippen LogP contribution < -0.4 is 5.32 Å². The number of carbonyl (C=O) groups excluding carboxylic acids is 1. The van der Waals surface area contributed by atoms with Gasteiger partial charge in [0, 0.05) is 5.38 Å². The maximum Gasteiger partial charge on any atom is 0.355 e. The lowest BCUT2D eigenvalue weighted by Crippen LogP contribution is -2.16. The topological polar surface area (TPSA) is 92.2 Å². The van der Waals surface area contributed by atoms with Gasteiger partial charge in [0.2, 0.25) is 0 Å². The van der Waals surface area contributed by atoms with Gasteiger partial charge in [-0.1, -0.05) is 0 Å². The fourth-order valence-electron chi connectivity index (χ4n) is 1.95. The van der Waals surface area contributed by atoms with Crippen LogP contribution in [0.15, 0.2) is 17.5 Å². The second-order valence-electron chi connectivity index (χ2n) is 4.17. The molecule has 1 atom stereocenters. The number of hydrogen-bond acceptors (Lipinski definition) is 5. The largest absolute Gasteiger partial charge is 0.476 e. The summed E-state index contributed by atoms with van der Waals surface area (Å²) in [5.41, 5.74) is 1.82. The number of nitrogens with zero attached hydrogens (tertiary/aromatic N) is 2. The highest BCUT2D eigenvalue weighted by Gasteiger charge is 2.27. The molecule has 1 aliphatic rings. The highest BCUT2D eigenvalue weighted by Crippen LogP contribution is 2.28. The summed E-state index contributed by atoms with van der Waals surface area (Å²) in [5, 5.41) is 13.6. The lowest BCUT2D eigenvalue weighted by Gasteiger charge is -2.03. The van der Waals surface area contributed by atoms with Crippen molar-refractivity contribution in [1.29, 1.82) is 0 Å². The van der Waals surface area contributed by atoms with E-state index in [2.05, 4.69) is 15.3 Å². The molecule has 0 saturated carbocycles. The molecule has 0 radical (unpaired) electrons. The molecule has 2 aromatic rings. The predicted molar refractivity (Wildman–Crippen MR) is 75.4 cm³/mol. The van der Waals surface area contributed by atoms with Gasteiger partial charge in [0.15, 0.2) is 5.69 Å². The summed E-state index contributed by atoms with van der Waals surface area (Å²) in [4.78, 5) is 30.8. The smallest absolute Gasteiger partial charge is 0.355 e. The van der Waals surface area contributed by atoms with Crippen LogP contribution in [0.1, 0.15) is 39.5 Å². The maximum atomic E-state index is 11.6. The number of thiazole rings is 1. The van der Waals surface area contributed by atoms with E-state index in [0.29, 0.717) is 22.0 Å². The minimum Gasteiger partial charge on any atom is -0.476 e. The number of hydrogen-bond donors (Lipinski definition) is 2. The number of rotatable bonds is 2. The number of halogens is 1. The van der Waals surface area contributed by atoms with Gasteiger partial charge < -0.3 is 10.4 Å². The van der Waals surface area contributed by atoms with Crippen molar-refractivity contribution in [3.05, 3.63) is 34.5 Å². The van der Waals surface area contributed by atoms with E-state index < -0.39 is 5.97 Å². The van der Waals surface area contributed by atoms with Gasteiger partial charge in [0.1, 0.15) is 5.01 Å². The van der Waals surface area contributed by atoms with Crippen LogP contribution in [0.3, 0.4) is 0 Å². The van der Waals surface area contributed by atoms with Crippen molar-refractivity contribution in [1.82, 2.24) is 15.3 Å². The lowest BCUT2D eigenvalue weighted by atomic mass is 10.1. The first-order valence-electron chi connectivity index (χ1n) is 5.57. The van der Waals surface area contributed by atoms with Crippen molar-refractivity contribution >= 4 is 35.6 Å². The second-order valence-corrected chi connectivity index (χ2v) is 5.03. The van der Waals surface area contributed by atoms with Gasteiger partial charge in [-0.05, 0) is 19.1 Å². The number of pyridine rings is 1. The molecule has 0 bridgehead atoms. The molecule has 8 heteroatoms. The Balaban J connectivity index is 0.00000147. The highest BCUT2D eigenvalue weighted by molar-refractivity contribution is 7.13. The molecule has 104 valence electrons. The van der Waals surface area contributed by atoms with Crippen molar-refractivity contribution in [3.63, 3.8) is 0 Å². The molecule has 0 fully saturated rings. The normalized spacial score (nSPS) is 16.2. The van der Waals surface area contributed by atoms with E-state index in [0.717, 1.165) is 0 Å². The number of carboxylic acids is 1. The number of carboxylic acid groups (broad SMARTS) is 1. The summed E-state index contributed by atoms with van der Waals surface area (Å²) in [7, 11) is 0. The number of fused-ring (bicyclic) bond motifs is 1. The first kappa shape index (κ1) is 14.4. The van der Waals surface area contributed by atoms with Crippen molar-refractivity contribution in [2.45, 2.75) is 13.0 Å². The third-order valence-electron chi connectivity index (χ3n) is 2.87. The van der Waals surface area contributed by atoms with Crippen molar-refractivity contribution < 1.29 is 14.7 Å². The number of carbonyl (C=O) groups is 2. The van der Waals surface area contributed by atoms with Crippen LogP contribution in [0.4, 0.5) is 0 Å². The Morgan fingerprint density at radius 2 is 2.15 bits per heavy atom. The molecule has 3 heterocycles. The number of aromatic nitrogens is 2. The Labute approximate surface area is 124 Å². The lowest BCUT2D eigenvalue weighted by molar-refractivity contribution is 0.0691. The zero-order valence-corrected chi connectivity index (χ0v) is 11.9. The Kier molecular flexibility index (Phi) is 3.74. The van der Waals surface area contributed by atoms with E-state index >= 15 is 0 Å². The molecule has 0 aliphatic carbocycles. The summed E-state index contributed by atoms with van der Waals surface area (Å²) in [6, 6.07) is 3.24. The van der Waals surface area contributed by atoms with E-state index in [1.54, 1.807) is 12.1 Å². The summed E-state index contributed by atoms with van der Waals surface area (Å²) < 4.78 is 0. The van der Waals surface area contributed by atoms with Crippen LogP contribution in [-0.4, -0.2) is 27.0 Å². The maximum absolute atomic E-state index is 11.6. The highest BCUT2D eigenvalue weighted by atomic mass is 35.5. The molecular weight excluding hydrogens is 302 g/mol. The molecule has 6 nitrogen and oxygen atoms in total.